The van der Waals surface area contributed by atoms with Gasteiger partial charge in [0.2, 0.25) is 5.91 Å². The van der Waals surface area contributed by atoms with Crippen LogP contribution in [0.2, 0.25) is 0 Å². The average molecular weight is 472 g/mol. The molecule has 1 saturated heterocycles. The van der Waals surface area contributed by atoms with Crippen LogP contribution in [0.25, 0.3) is 21.5 Å². The van der Waals surface area contributed by atoms with Gasteiger partial charge in [0, 0.05) is 29.7 Å². The SMILES string of the molecule is O=C(COC(=O)c1cc(-c2cccs2)nc2ccccc12)Nc1cccc(N2CCCC2=O)c1. The summed E-state index contributed by atoms with van der Waals surface area (Å²) in [5.41, 5.74) is 2.99. The van der Waals surface area contributed by atoms with Gasteiger partial charge in [-0.15, -0.1) is 11.3 Å². The summed E-state index contributed by atoms with van der Waals surface area (Å²) in [4.78, 5) is 44.7. The minimum absolute atomic E-state index is 0.0731. The highest BCUT2D eigenvalue weighted by atomic mass is 32.1. The molecule has 4 aromatic rings. The lowest BCUT2D eigenvalue weighted by atomic mass is 10.1. The predicted molar refractivity (Wildman–Crippen MR) is 132 cm³/mol. The first-order valence-corrected chi connectivity index (χ1v) is 11.8. The van der Waals surface area contributed by atoms with Crippen molar-refractivity contribution in [1.29, 1.82) is 0 Å². The Morgan fingerprint density at radius 1 is 1.06 bits per heavy atom. The fraction of sp³-hybridized carbons (Fsp3) is 0.154. The first-order chi connectivity index (χ1) is 16.6. The van der Waals surface area contributed by atoms with E-state index in [-0.39, 0.29) is 5.91 Å². The molecule has 0 radical (unpaired) electrons. The van der Waals surface area contributed by atoms with Crippen LogP contribution in [0, 0.1) is 0 Å². The Morgan fingerprint density at radius 3 is 2.74 bits per heavy atom. The maximum absolute atomic E-state index is 12.9. The van der Waals surface area contributed by atoms with Gasteiger partial charge in [0.05, 0.1) is 21.7 Å². The van der Waals surface area contributed by atoms with Crippen LogP contribution < -0.4 is 10.2 Å². The highest BCUT2D eigenvalue weighted by molar-refractivity contribution is 7.13. The van der Waals surface area contributed by atoms with E-state index in [2.05, 4.69) is 10.3 Å². The lowest BCUT2D eigenvalue weighted by Gasteiger charge is -2.16. The number of thiophene rings is 1. The molecule has 0 bridgehead atoms. The second kappa shape index (κ2) is 9.44. The molecule has 8 heteroatoms. The van der Waals surface area contributed by atoms with Gasteiger partial charge in [0.15, 0.2) is 6.61 Å². The summed E-state index contributed by atoms with van der Waals surface area (Å²) in [6.07, 6.45) is 1.35. The van der Waals surface area contributed by atoms with Gasteiger partial charge >= 0.3 is 5.97 Å². The van der Waals surface area contributed by atoms with E-state index in [1.54, 1.807) is 29.2 Å². The Bertz CT molecular complexity index is 1380. The number of aromatic nitrogens is 1. The number of esters is 1. The minimum atomic E-state index is -0.594. The van der Waals surface area contributed by atoms with Crippen LogP contribution in [0.3, 0.4) is 0 Å². The summed E-state index contributed by atoms with van der Waals surface area (Å²) in [7, 11) is 0. The zero-order valence-corrected chi connectivity index (χ0v) is 19.0. The first kappa shape index (κ1) is 21.8. The summed E-state index contributed by atoms with van der Waals surface area (Å²) >= 11 is 1.53. The lowest BCUT2D eigenvalue weighted by molar-refractivity contribution is -0.119. The molecule has 7 nitrogen and oxygen atoms in total. The van der Waals surface area contributed by atoms with E-state index in [1.807, 2.05) is 47.8 Å². The third-order valence-corrected chi connectivity index (χ3v) is 6.45. The van der Waals surface area contributed by atoms with Crippen molar-refractivity contribution in [3.05, 3.63) is 77.7 Å². The monoisotopic (exact) mass is 471 g/mol. The van der Waals surface area contributed by atoms with Gasteiger partial charge in [0.1, 0.15) is 0 Å². The van der Waals surface area contributed by atoms with Gasteiger partial charge in [-0.1, -0.05) is 30.3 Å². The van der Waals surface area contributed by atoms with Crippen LogP contribution >= 0.6 is 11.3 Å². The maximum atomic E-state index is 12.9. The van der Waals surface area contributed by atoms with Gasteiger partial charge in [-0.25, -0.2) is 9.78 Å². The van der Waals surface area contributed by atoms with Gasteiger partial charge in [-0.05, 0) is 48.2 Å². The standard InChI is InChI=1S/C26H21N3O4S/c30-24(27-17-6-3-7-18(14-17)29-12-4-11-25(29)31)16-33-26(32)20-15-22(23-10-5-13-34-23)28-21-9-2-1-8-19(20)21/h1-3,5-10,13-15H,4,11-12,16H2,(H,27,30). The van der Waals surface area contributed by atoms with Crippen molar-refractivity contribution in [3.63, 3.8) is 0 Å². The zero-order valence-electron chi connectivity index (χ0n) is 18.2. The highest BCUT2D eigenvalue weighted by Crippen LogP contribution is 2.28. The largest absolute Gasteiger partial charge is 0.452 e. The topological polar surface area (TPSA) is 88.6 Å². The number of benzene rings is 2. The summed E-state index contributed by atoms with van der Waals surface area (Å²) in [5.74, 6) is -0.984. The van der Waals surface area contributed by atoms with Gasteiger partial charge in [0.25, 0.3) is 5.91 Å². The fourth-order valence-corrected chi connectivity index (χ4v) is 4.66. The van der Waals surface area contributed by atoms with Crippen molar-refractivity contribution >= 4 is 51.4 Å². The summed E-state index contributed by atoms with van der Waals surface area (Å²) < 4.78 is 5.35. The quantitative estimate of drug-likeness (QED) is 0.405. The molecule has 2 amide bonds. The normalized spacial score (nSPS) is 13.3. The van der Waals surface area contributed by atoms with Crippen LogP contribution in [-0.4, -0.2) is 35.9 Å². The molecule has 1 aliphatic rings. The third-order valence-electron chi connectivity index (χ3n) is 5.56. The Balaban J connectivity index is 1.29. The number of para-hydroxylation sites is 1. The van der Waals surface area contributed by atoms with Crippen molar-refractivity contribution in [2.24, 2.45) is 0 Å². The van der Waals surface area contributed by atoms with Crippen molar-refractivity contribution in [3.8, 4) is 10.6 Å². The Labute approximate surface area is 200 Å². The predicted octanol–water partition coefficient (Wildman–Crippen LogP) is 4.89. The molecule has 1 N–H and O–H groups in total. The molecule has 34 heavy (non-hydrogen) atoms. The molecule has 0 saturated carbocycles. The molecule has 2 aromatic carbocycles. The van der Waals surface area contributed by atoms with Crippen molar-refractivity contribution in [2.45, 2.75) is 12.8 Å². The number of carbonyl (C=O) groups excluding carboxylic acids is 3. The van der Waals surface area contributed by atoms with Crippen LogP contribution in [0.5, 0.6) is 0 Å². The van der Waals surface area contributed by atoms with Gasteiger partial charge in [-0.2, -0.15) is 0 Å². The molecular formula is C26H21N3O4S. The fourth-order valence-electron chi connectivity index (χ4n) is 3.97. The van der Waals surface area contributed by atoms with Crippen molar-refractivity contribution < 1.29 is 19.1 Å². The number of hydrogen-bond acceptors (Lipinski definition) is 6. The van der Waals surface area contributed by atoms with Crippen LogP contribution in [0.1, 0.15) is 23.2 Å². The molecule has 1 fully saturated rings. The van der Waals surface area contributed by atoms with E-state index in [0.29, 0.717) is 40.8 Å². The Kier molecular flexibility index (Phi) is 6.05. The number of pyridine rings is 1. The average Bonchev–Trinajstić information content (AvgIpc) is 3.54. The van der Waals surface area contributed by atoms with Crippen molar-refractivity contribution in [2.75, 3.05) is 23.4 Å². The number of rotatable bonds is 6. The minimum Gasteiger partial charge on any atom is -0.452 e. The number of amides is 2. The molecule has 0 spiro atoms. The maximum Gasteiger partial charge on any atom is 0.339 e. The lowest BCUT2D eigenvalue weighted by Crippen LogP contribution is -2.24. The number of ether oxygens (including phenoxy) is 1. The smallest absolute Gasteiger partial charge is 0.339 e. The second-order valence-electron chi connectivity index (χ2n) is 7.87. The van der Waals surface area contributed by atoms with Crippen LogP contribution in [-0.2, 0) is 14.3 Å². The number of hydrogen-bond donors (Lipinski definition) is 1. The molecule has 1 aliphatic heterocycles. The first-order valence-electron chi connectivity index (χ1n) is 10.9. The molecule has 0 atom stereocenters. The van der Waals surface area contributed by atoms with Crippen molar-refractivity contribution in [1.82, 2.24) is 4.98 Å². The van der Waals surface area contributed by atoms with E-state index in [4.69, 9.17) is 4.74 Å². The molecule has 2 aromatic heterocycles. The molecule has 3 heterocycles. The number of carbonyl (C=O) groups is 3. The Morgan fingerprint density at radius 2 is 1.94 bits per heavy atom. The van der Waals surface area contributed by atoms with Crippen LogP contribution in [0.4, 0.5) is 11.4 Å². The van der Waals surface area contributed by atoms with E-state index >= 15 is 0 Å². The Hall–Kier alpha value is -4.04. The summed E-state index contributed by atoms with van der Waals surface area (Å²) in [6, 6.07) is 20.0. The van der Waals surface area contributed by atoms with Gasteiger partial charge < -0.3 is 15.0 Å². The van der Waals surface area contributed by atoms with E-state index in [9.17, 15) is 14.4 Å². The zero-order chi connectivity index (χ0) is 23.5. The molecule has 0 unspecified atom stereocenters. The number of nitrogens with one attached hydrogen (secondary N) is 1. The number of anilines is 2. The van der Waals surface area contributed by atoms with E-state index < -0.39 is 18.5 Å². The molecule has 5 rings (SSSR count). The third kappa shape index (κ3) is 4.53. The van der Waals surface area contributed by atoms with Crippen LogP contribution in [0.15, 0.2) is 72.1 Å². The van der Waals surface area contributed by atoms with E-state index in [0.717, 1.165) is 17.0 Å². The number of nitrogens with zero attached hydrogens (tertiary/aromatic N) is 2. The molecule has 0 aliphatic carbocycles. The molecule has 170 valence electrons. The van der Waals surface area contributed by atoms with E-state index in [1.165, 1.54) is 11.3 Å². The van der Waals surface area contributed by atoms with Gasteiger partial charge in [-0.3, -0.25) is 9.59 Å². The molecular weight excluding hydrogens is 450 g/mol. The number of fused-ring (bicyclic) bond motifs is 1. The second-order valence-corrected chi connectivity index (χ2v) is 8.82. The highest BCUT2D eigenvalue weighted by Gasteiger charge is 2.22. The summed E-state index contributed by atoms with van der Waals surface area (Å²) in [6.45, 7) is 0.234. The summed E-state index contributed by atoms with van der Waals surface area (Å²) in [5, 5.41) is 5.34.